The Kier molecular flexibility index (Phi) is 40.0. The maximum Gasteiger partial charge on any atom is 0.330 e. The molecule has 1 aromatic carbocycles. The maximum atomic E-state index is 11.9. The Bertz CT molecular complexity index is 1860. The summed E-state index contributed by atoms with van der Waals surface area (Å²) in [5.74, 6) is -4.37. The highest BCUT2D eigenvalue weighted by Gasteiger charge is 2.25. The molecule has 3 N–H and O–H groups in total. The fraction of sp³-hybridized carbons (Fsp3) is 0.580. The summed E-state index contributed by atoms with van der Waals surface area (Å²) >= 11 is 0. The van der Waals surface area contributed by atoms with Gasteiger partial charge >= 0.3 is 41.8 Å². The quantitative estimate of drug-likeness (QED) is 0.0213. The first kappa shape index (κ1) is 67.1. The number of amides is 2. The average Bonchev–Trinajstić information content (AvgIpc) is 3.33. The first-order chi connectivity index (χ1) is 34.2. The molecule has 0 aliphatic carbocycles. The number of rotatable bonds is 36. The fourth-order valence-corrected chi connectivity index (χ4v) is 4.97. The van der Waals surface area contributed by atoms with Crippen molar-refractivity contribution in [2.24, 2.45) is 0 Å². The molecular weight excluding hydrogens is 949 g/mol. The Labute approximate surface area is 421 Å². The van der Waals surface area contributed by atoms with E-state index in [2.05, 4.69) is 33.3 Å². The van der Waals surface area contributed by atoms with Crippen LogP contribution in [0.4, 0.5) is 0 Å². The molecule has 22 nitrogen and oxygen atoms in total. The van der Waals surface area contributed by atoms with Crippen LogP contribution in [0.2, 0.25) is 0 Å². The summed E-state index contributed by atoms with van der Waals surface area (Å²) in [6.07, 6.45) is 7.19. The topological polar surface area (TPSA) is 306 Å². The summed E-state index contributed by atoms with van der Waals surface area (Å²) in [4.78, 5) is 123. The molecule has 0 saturated carbocycles. The van der Waals surface area contributed by atoms with E-state index in [1.807, 2.05) is 13.8 Å². The summed E-state index contributed by atoms with van der Waals surface area (Å²) < 4.78 is 39.1. The van der Waals surface area contributed by atoms with Crippen LogP contribution < -0.4 is 15.4 Å². The predicted molar refractivity (Wildman–Crippen MR) is 258 cm³/mol. The van der Waals surface area contributed by atoms with Gasteiger partial charge < -0.3 is 53.6 Å². The van der Waals surface area contributed by atoms with Crippen molar-refractivity contribution in [1.29, 1.82) is 0 Å². The highest BCUT2D eigenvalue weighted by atomic mass is 16.6. The van der Waals surface area contributed by atoms with Crippen molar-refractivity contribution in [3.8, 4) is 5.75 Å². The number of ether oxygens (including phenoxy) is 8. The normalized spacial score (nSPS) is 10.1. The van der Waals surface area contributed by atoms with Crippen molar-refractivity contribution in [3.63, 3.8) is 0 Å². The molecule has 1 rings (SSSR count). The number of nitrogens with one attached hydrogen (secondary N) is 2. The lowest BCUT2D eigenvalue weighted by Crippen LogP contribution is -2.30. The second-order valence-corrected chi connectivity index (χ2v) is 15.7. The average molecular weight is 1020 g/mol. The molecule has 1 aromatic rings. The molecule has 72 heavy (non-hydrogen) atoms. The minimum Gasteiger partial charge on any atom is -0.490 e. The van der Waals surface area contributed by atoms with E-state index in [1.54, 1.807) is 24.3 Å². The van der Waals surface area contributed by atoms with Gasteiger partial charge in [-0.05, 0) is 96.4 Å². The van der Waals surface area contributed by atoms with Gasteiger partial charge in [-0.15, -0.1) is 0 Å². The number of hydrogen-bond acceptors (Lipinski definition) is 20. The standard InChI is InChI=1S/C18H25NO6.C17H27NO7.C15H22O7/c1-4-9-19-15(20)12-16(21)25-11-10-24-14-7-5-13(6-8-14)17(22)18(2,3)23;1-3-9-18-14(19)13-17(22)23-10-7-5-6-8-16(21)25-12-11-24-15(20)4-2;1-3-13(17)21-9-10-22-14(18)7-5-4-6-8-20-15(19)11-12(2)16/h5-8,23H,4,9-12H2,1-3H3,(H,19,20);4H,2-3,5-13H2,1H3,(H,18,19);3H,1,4-11H2,2H3. The first-order valence-corrected chi connectivity index (χ1v) is 23.6. The van der Waals surface area contributed by atoms with Crippen molar-refractivity contribution in [3.05, 3.63) is 55.1 Å². The van der Waals surface area contributed by atoms with E-state index in [0.717, 1.165) is 25.0 Å². The van der Waals surface area contributed by atoms with Crippen molar-refractivity contribution >= 4 is 65.2 Å². The van der Waals surface area contributed by atoms with Crippen LogP contribution in [0, 0.1) is 0 Å². The van der Waals surface area contributed by atoms with Crippen LogP contribution in [0.15, 0.2) is 49.6 Å². The van der Waals surface area contributed by atoms with Crippen molar-refractivity contribution < 1.29 is 95.7 Å². The van der Waals surface area contributed by atoms with E-state index >= 15 is 0 Å². The number of aliphatic hydroxyl groups is 1. The molecule has 0 aliphatic rings. The van der Waals surface area contributed by atoms with Gasteiger partial charge in [0.15, 0.2) is 5.78 Å². The number of hydrogen-bond donors (Lipinski definition) is 3. The Balaban J connectivity index is 0. The number of carbonyl (C=O) groups is 11. The summed E-state index contributed by atoms with van der Waals surface area (Å²) in [5.41, 5.74) is -1.05. The van der Waals surface area contributed by atoms with E-state index in [9.17, 15) is 57.8 Å². The lowest BCUT2D eigenvalue weighted by Gasteiger charge is -2.15. The smallest absolute Gasteiger partial charge is 0.330 e. The van der Waals surface area contributed by atoms with E-state index in [4.69, 9.17) is 28.4 Å². The molecule has 0 bridgehead atoms. The van der Waals surface area contributed by atoms with Gasteiger partial charge in [-0.1, -0.05) is 27.0 Å². The zero-order chi connectivity index (χ0) is 54.6. The summed E-state index contributed by atoms with van der Waals surface area (Å²) in [6, 6.07) is 6.30. The zero-order valence-electron chi connectivity index (χ0n) is 42.3. The largest absolute Gasteiger partial charge is 0.490 e. The molecule has 0 heterocycles. The van der Waals surface area contributed by atoms with Crippen molar-refractivity contribution in [1.82, 2.24) is 10.6 Å². The minimum absolute atomic E-state index is 0.00161. The number of benzene rings is 1. The van der Waals surface area contributed by atoms with Crippen LogP contribution in [0.5, 0.6) is 5.75 Å². The number of esters is 7. The Morgan fingerprint density at radius 2 is 0.889 bits per heavy atom. The van der Waals surface area contributed by atoms with Crippen LogP contribution in [0.25, 0.3) is 0 Å². The predicted octanol–water partition coefficient (Wildman–Crippen LogP) is 4.10. The first-order valence-electron chi connectivity index (χ1n) is 23.6. The SMILES string of the molecule is C=CC(=O)OCCOC(=O)CCCCCOC(=O)CC(=O)NCCC.C=CC(=O)OCCOC(=O)CCCCCOC(=O)CC(C)=O.CCCNC(=O)CC(=O)OCCOc1ccc(C(=O)C(C)(C)O)cc1. The molecule has 0 fully saturated rings. The summed E-state index contributed by atoms with van der Waals surface area (Å²) in [6.45, 7) is 16.2. The third kappa shape index (κ3) is 42.0. The van der Waals surface area contributed by atoms with Gasteiger partial charge in [0.2, 0.25) is 11.8 Å². The second-order valence-electron chi connectivity index (χ2n) is 15.7. The zero-order valence-corrected chi connectivity index (χ0v) is 42.3. The highest BCUT2D eigenvalue weighted by Crippen LogP contribution is 2.17. The van der Waals surface area contributed by atoms with Crippen molar-refractivity contribution in [2.45, 2.75) is 124 Å². The highest BCUT2D eigenvalue weighted by molar-refractivity contribution is 6.01. The van der Waals surface area contributed by atoms with E-state index in [-0.39, 0.29) is 120 Å². The lowest BCUT2D eigenvalue weighted by molar-refractivity contribution is -0.150. The molecule has 2 amide bonds. The van der Waals surface area contributed by atoms with Gasteiger partial charge in [0, 0.05) is 43.6 Å². The molecule has 0 radical (unpaired) electrons. The second kappa shape index (κ2) is 42.9. The fourth-order valence-electron chi connectivity index (χ4n) is 4.97. The van der Waals surface area contributed by atoms with Crippen molar-refractivity contribution in [2.75, 3.05) is 65.9 Å². The molecule has 0 aromatic heterocycles. The number of carbonyl (C=O) groups excluding carboxylic acids is 11. The van der Waals surface area contributed by atoms with Gasteiger partial charge in [0.1, 0.15) is 76.0 Å². The minimum atomic E-state index is -1.43. The third-order valence-corrected chi connectivity index (χ3v) is 8.53. The molecule has 0 unspecified atom stereocenters. The van der Waals surface area contributed by atoms with Crippen LogP contribution in [-0.2, 0) is 81.1 Å². The molecule has 0 aliphatic heterocycles. The van der Waals surface area contributed by atoms with Gasteiger partial charge in [-0.3, -0.25) is 43.2 Å². The summed E-state index contributed by atoms with van der Waals surface area (Å²) in [5, 5.41) is 14.9. The molecule has 404 valence electrons. The Morgan fingerprint density at radius 1 is 0.514 bits per heavy atom. The monoisotopic (exact) mass is 1020 g/mol. The van der Waals surface area contributed by atoms with Crippen LogP contribution >= 0.6 is 0 Å². The van der Waals surface area contributed by atoms with Gasteiger partial charge in [-0.25, -0.2) is 9.59 Å². The van der Waals surface area contributed by atoms with Crippen LogP contribution in [0.1, 0.15) is 128 Å². The number of Topliss-reactive ketones (excluding diaryl/α,β-unsaturated/α-hetero) is 2. The van der Waals surface area contributed by atoms with E-state index in [0.29, 0.717) is 62.9 Å². The van der Waals surface area contributed by atoms with Gasteiger partial charge in [0.05, 0.1) is 13.2 Å². The maximum absolute atomic E-state index is 11.9. The molecule has 0 saturated heterocycles. The van der Waals surface area contributed by atoms with E-state index < -0.39 is 35.4 Å². The van der Waals surface area contributed by atoms with Crippen LogP contribution in [0.3, 0.4) is 0 Å². The third-order valence-electron chi connectivity index (χ3n) is 8.53. The van der Waals surface area contributed by atoms with Gasteiger partial charge in [-0.2, -0.15) is 0 Å². The molecule has 0 atom stereocenters. The Morgan fingerprint density at radius 3 is 1.28 bits per heavy atom. The van der Waals surface area contributed by atoms with Crippen LogP contribution in [-0.4, -0.2) is 142 Å². The van der Waals surface area contributed by atoms with Gasteiger partial charge in [0.25, 0.3) is 0 Å². The number of ketones is 2. The number of unbranched alkanes of at least 4 members (excludes halogenated alkanes) is 4. The van der Waals surface area contributed by atoms with E-state index in [1.165, 1.54) is 20.8 Å². The molecule has 22 heteroatoms. The summed E-state index contributed by atoms with van der Waals surface area (Å²) in [7, 11) is 0. The molecular formula is C50H74N2O20. The molecule has 0 spiro atoms. The lowest BCUT2D eigenvalue weighted by atomic mass is 9.97. The Hall–Kier alpha value is -6.97.